The molecule has 1 aliphatic rings. The van der Waals surface area contributed by atoms with Gasteiger partial charge in [0.15, 0.2) is 0 Å². The molecule has 5 heteroatoms. The van der Waals surface area contributed by atoms with Crippen molar-refractivity contribution in [3.63, 3.8) is 0 Å². The van der Waals surface area contributed by atoms with Crippen LogP contribution in [0.4, 0.5) is 17.6 Å². The normalized spacial score (nSPS) is 20.1. The molecule has 0 radical (unpaired) electrons. The summed E-state index contributed by atoms with van der Waals surface area (Å²) in [5, 5.41) is 0. The van der Waals surface area contributed by atoms with Gasteiger partial charge in [-0.2, -0.15) is 13.2 Å². The van der Waals surface area contributed by atoms with Gasteiger partial charge in [-0.3, -0.25) is 0 Å². The highest BCUT2D eigenvalue weighted by Crippen LogP contribution is 2.48. The Morgan fingerprint density at radius 3 is 2.06 bits per heavy atom. The fourth-order valence-corrected chi connectivity index (χ4v) is 2.01. The van der Waals surface area contributed by atoms with Crippen molar-refractivity contribution < 1.29 is 17.6 Å². The second kappa shape index (κ2) is 3.98. The average molecular weight is 247 g/mol. The van der Waals surface area contributed by atoms with Gasteiger partial charge in [0.25, 0.3) is 0 Å². The molecule has 1 nitrogen and oxygen atoms in total. The summed E-state index contributed by atoms with van der Waals surface area (Å²) in [5.74, 6) is -0.970. The number of halogens is 4. The van der Waals surface area contributed by atoms with E-state index in [0.717, 1.165) is 12.1 Å². The van der Waals surface area contributed by atoms with Gasteiger partial charge in [0.2, 0.25) is 0 Å². The first-order chi connectivity index (χ1) is 7.83. The largest absolute Gasteiger partial charge is 0.406 e. The third-order valence-electron chi connectivity index (χ3n) is 3.24. The highest BCUT2D eigenvalue weighted by atomic mass is 19.4. The molecular formula is C12H13F4N. The van der Waals surface area contributed by atoms with Gasteiger partial charge in [0.1, 0.15) is 11.4 Å². The van der Waals surface area contributed by atoms with Crippen LogP contribution in [0.5, 0.6) is 0 Å². The first kappa shape index (κ1) is 12.4. The fourth-order valence-electron chi connectivity index (χ4n) is 2.01. The van der Waals surface area contributed by atoms with E-state index in [4.69, 9.17) is 5.73 Å². The Bertz CT molecular complexity index is 394. The fraction of sp³-hybridized carbons (Fsp3) is 0.500. The Hall–Kier alpha value is -1.10. The second-order valence-corrected chi connectivity index (χ2v) is 4.62. The van der Waals surface area contributed by atoms with Crippen molar-refractivity contribution in [2.45, 2.75) is 31.0 Å². The van der Waals surface area contributed by atoms with Gasteiger partial charge < -0.3 is 5.73 Å². The number of alkyl halides is 3. The minimum absolute atomic E-state index is 0.290. The van der Waals surface area contributed by atoms with Crippen LogP contribution in [0.25, 0.3) is 0 Å². The first-order valence-corrected chi connectivity index (χ1v) is 5.43. The van der Waals surface area contributed by atoms with E-state index < -0.39 is 23.5 Å². The number of hydrogen-bond acceptors (Lipinski definition) is 1. The summed E-state index contributed by atoms with van der Waals surface area (Å²) < 4.78 is 51.6. The zero-order chi connectivity index (χ0) is 12.7. The van der Waals surface area contributed by atoms with Crippen LogP contribution < -0.4 is 5.73 Å². The molecular weight excluding hydrogens is 234 g/mol. The summed E-state index contributed by atoms with van der Waals surface area (Å²) in [5.41, 5.74) is 3.77. The van der Waals surface area contributed by atoms with Crippen molar-refractivity contribution in [2.75, 3.05) is 0 Å². The third kappa shape index (κ3) is 2.44. The summed E-state index contributed by atoms with van der Waals surface area (Å²) in [6.45, 7) is 0. The Morgan fingerprint density at radius 1 is 1.12 bits per heavy atom. The maximum absolute atomic E-state index is 13.0. The Kier molecular flexibility index (Phi) is 2.89. The van der Waals surface area contributed by atoms with Crippen LogP contribution in [0, 0.1) is 11.7 Å². The Balaban J connectivity index is 2.21. The molecule has 0 aromatic heterocycles. The molecule has 0 bridgehead atoms. The molecule has 17 heavy (non-hydrogen) atoms. The van der Waals surface area contributed by atoms with Crippen molar-refractivity contribution in [2.24, 2.45) is 11.7 Å². The standard InChI is InChI=1S/C12H13F4N/c13-10-5-1-8(2-6-10)7-11(17,9-3-4-9)12(14,15)16/h1-2,5-6,9H,3-4,7,17H2/t11-/m0/s1. The number of rotatable bonds is 3. The van der Waals surface area contributed by atoms with Crippen LogP contribution in [-0.2, 0) is 6.42 Å². The van der Waals surface area contributed by atoms with Crippen LogP contribution in [0.1, 0.15) is 18.4 Å². The molecule has 1 saturated carbocycles. The summed E-state index contributed by atoms with van der Waals surface area (Å²) in [4.78, 5) is 0. The number of benzene rings is 1. The van der Waals surface area contributed by atoms with Gasteiger partial charge in [-0.1, -0.05) is 12.1 Å². The SMILES string of the molecule is N[C@@](Cc1ccc(F)cc1)(C1CC1)C(F)(F)F. The second-order valence-electron chi connectivity index (χ2n) is 4.62. The lowest BCUT2D eigenvalue weighted by Crippen LogP contribution is -2.57. The van der Waals surface area contributed by atoms with E-state index in [0.29, 0.717) is 18.4 Å². The summed E-state index contributed by atoms with van der Waals surface area (Å²) in [6, 6.07) is 5.01. The molecule has 2 rings (SSSR count). The molecule has 0 amide bonds. The average Bonchev–Trinajstić information content (AvgIpc) is 3.03. The van der Waals surface area contributed by atoms with Crippen molar-refractivity contribution in [3.05, 3.63) is 35.6 Å². The highest BCUT2D eigenvalue weighted by Gasteiger charge is 2.59. The predicted octanol–water partition coefficient (Wildman–Crippen LogP) is 3.04. The molecule has 94 valence electrons. The minimum Gasteiger partial charge on any atom is -0.317 e. The lowest BCUT2D eigenvalue weighted by molar-refractivity contribution is -0.192. The molecule has 1 aromatic carbocycles. The molecule has 2 N–H and O–H groups in total. The molecule has 0 saturated heterocycles. The Labute approximate surface area is 96.6 Å². The van der Waals surface area contributed by atoms with E-state index in [1.165, 1.54) is 12.1 Å². The van der Waals surface area contributed by atoms with E-state index in [1.807, 2.05) is 0 Å². The lowest BCUT2D eigenvalue weighted by Gasteiger charge is -2.32. The van der Waals surface area contributed by atoms with E-state index >= 15 is 0 Å². The van der Waals surface area contributed by atoms with E-state index in [9.17, 15) is 17.6 Å². The van der Waals surface area contributed by atoms with Crippen LogP contribution in [0.15, 0.2) is 24.3 Å². The Morgan fingerprint density at radius 2 is 1.65 bits per heavy atom. The highest BCUT2D eigenvalue weighted by molar-refractivity contribution is 5.21. The van der Waals surface area contributed by atoms with Crippen LogP contribution in [0.2, 0.25) is 0 Å². The molecule has 0 heterocycles. The maximum atomic E-state index is 13.0. The monoisotopic (exact) mass is 247 g/mol. The summed E-state index contributed by atoms with van der Waals surface area (Å²) >= 11 is 0. The number of nitrogens with two attached hydrogens (primary N) is 1. The lowest BCUT2D eigenvalue weighted by atomic mass is 9.86. The van der Waals surface area contributed by atoms with Crippen molar-refractivity contribution >= 4 is 0 Å². The molecule has 1 fully saturated rings. The van der Waals surface area contributed by atoms with Gasteiger partial charge in [-0.05, 0) is 42.9 Å². The quantitative estimate of drug-likeness (QED) is 0.816. The van der Waals surface area contributed by atoms with Crippen LogP contribution in [-0.4, -0.2) is 11.7 Å². The zero-order valence-corrected chi connectivity index (χ0v) is 9.10. The smallest absolute Gasteiger partial charge is 0.317 e. The first-order valence-electron chi connectivity index (χ1n) is 5.43. The topological polar surface area (TPSA) is 26.0 Å². The number of hydrogen-bond donors (Lipinski definition) is 1. The van der Waals surface area contributed by atoms with E-state index in [1.54, 1.807) is 0 Å². The summed E-state index contributed by atoms with van der Waals surface area (Å²) in [7, 11) is 0. The third-order valence-corrected chi connectivity index (χ3v) is 3.24. The minimum atomic E-state index is -4.43. The van der Waals surface area contributed by atoms with Gasteiger partial charge in [-0.15, -0.1) is 0 Å². The molecule has 0 unspecified atom stereocenters. The molecule has 0 aliphatic heterocycles. The molecule has 1 aromatic rings. The van der Waals surface area contributed by atoms with Gasteiger partial charge in [0.05, 0.1) is 0 Å². The molecule has 1 aliphatic carbocycles. The van der Waals surface area contributed by atoms with Gasteiger partial charge >= 0.3 is 6.18 Å². The van der Waals surface area contributed by atoms with Crippen LogP contribution >= 0.6 is 0 Å². The van der Waals surface area contributed by atoms with Crippen molar-refractivity contribution in [1.29, 1.82) is 0 Å². The van der Waals surface area contributed by atoms with E-state index in [2.05, 4.69) is 0 Å². The molecule has 1 atom stereocenters. The van der Waals surface area contributed by atoms with E-state index in [-0.39, 0.29) is 6.42 Å². The van der Waals surface area contributed by atoms with Gasteiger partial charge in [-0.25, -0.2) is 4.39 Å². The van der Waals surface area contributed by atoms with Crippen molar-refractivity contribution in [3.8, 4) is 0 Å². The van der Waals surface area contributed by atoms with Crippen molar-refractivity contribution in [1.82, 2.24) is 0 Å². The maximum Gasteiger partial charge on any atom is 0.406 e. The summed E-state index contributed by atoms with van der Waals surface area (Å²) in [6.07, 6.45) is -3.70. The van der Waals surface area contributed by atoms with Crippen LogP contribution in [0.3, 0.4) is 0 Å². The molecule has 0 spiro atoms. The van der Waals surface area contributed by atoms with Gasteiger partial charge in [0, 0.05) is 0 Å². The predicted molar refractivity (Wildman–Crippen MR) is 55.8 cm³/mol. The zero-order valence-electron chi connectivity index (χ0n) is 9.10.